The van der Waals surface area contributed by atoms with Gasteiger partial charge in [0, 0.05) is 17.9 Å². The van der Waals surface area contributed by atoms with Crippen molar-refractivity contribution in [3.05, 3.63) is 86.6 Å². The fraction of sp³-hybridized carbons (Fsp3) is 0.308. The first-order valence-corrected chi connectivity index (χ1v) is 12.5. The molecule has 0 radical (unpaired) electrons. The van der Waals surface area contributed by atoms with Crippen molar-refractivity contribution in [3.8, 4) is 5.75 Å². The molecule has 0 spiro atoms. The van der Waals surface area contributed by atoms with Crippen LogP contribution in [0.5, 0.6) is 5.75 Å². The van der Waals surface area contributed by atoms with E-state index in [9.17, 15) is 9.90 Å². The van der Waals surface area contributed by atoms with Gasteiger partial charge in [0.15, 0.2) is 0 Å². The molecular weight excluding hydrogens is 472 g/mol. The van der Waals surface area contributed by atoms with E-state index in [4.69, 9.17) is 21.1 Å². The number of aliphatic hydroxyl groups is 1. The third kappa shape index (κ3) is 6.45. The van der Waals surface area contributed by atoms with Crippen LogP contribution in [0.3, 0.4) is 0 Å². The van der Waals surface area contributed by atoms with Gasteiger partial charge in [-0.3, -0.25) is 4.79 Å². The zero-order valence-corrected chi connectivity index (χ0v) is 20.4. The van der Waals surface area contributed by atoms with Gasteiger partial charge in [-0.1, -0.05) is 41.9 Å². The molecule has 1 aliphatic heterocycles. The predicted molar refractivity (Wildman–Crippen MR) is 135 cm³/mol. The number of ether oxygens (including phenoxy) is 2. The number of rotatable bonds is 8. The second kappa shape index (κ2) is 11.6. The minimum absolute atomic E-state index is 0.268. The number of thiophene rings is 1. The van der Waals surface area contributed by atoms with Crippen LogP contribution in [0.4, 0.5) is 0 Å². The molecule has 1 saturated heterocycles. The highest BCUT2D eigenvalue weighted by Crippen LogP contribution is 2.33. The molecule has 3 atom stereocenters. The van der Waals surface area contributed by atoms with E-state index in [1.54, 1.807) is 6.07 Å². The average molecular weight is 499 g/mol. The third-order valence-corrected chi connectivity index (χ3v) is 6.79. The van der Waals surface area contributed by atoms with Crippen molar-refractivity contribution in [2.75, 3.05) is 6.61 Å². The molecule has 0 saturated carbocycles. The standard InChI is InChI=1S/C26H27ClN2O4S/c1-2-32-21-8-5-17(6-9-21)12-19-13-18(7-10-23(19)27)24-15-20(30)14-22(33-24)16-28-29-26(31)25-4-3-11-34-25/h3-11,13,16,20,22,24,30H,2,12,14-15H2,1H3,(H,29,31). The number of aliphatic hydroxyl groups excluding tert-OH is 1. The van der Waals surface area contributed by atoms with Gasteiger partial charge in [-0.15, -0.1) is 11.3 Å². The first-order valence-electron chi connectivity index (χ1n) is 11.2. The summed E-state index contributed by atoms with van der Waals surface area (Å²) in [5.41, 5.74) is 5.57. The van der Waals surface area contributed by atoms with Crippen molar-refractivity contribution in [2.45, 2.75) is 44.5 Å². The lowest BCUT2D eigenvalue weighted by Crippen LogP contribution is -2.33. The highest BCUT2D eigenvalue weighted by molar-refractivity contribution is 7.12. The average Bonchev–Trinajstić information content (AvgIpc) is 3.37. The minimum atomic E-state index is -0.534. The predicted octanol–water partition coefficient (Wildman–Crippen LogP) is 5.39. The number of benzene rings is 2. The van der Waals surface area contributed by atoms with Crippen LogP contribution in [0, 0.1) is 0 Å². The highest BCUT2D eigenvalue weighted by Gasteiger charge is 2.29. The molecule has 178 valence electrons. The van der Waals surface area contributed by atoms with Crippen molar-refractivity contribution >= 4 is 35.1 Å². The van der Waals surface area contributed by atoms with Gasteiger partial charge >= 0.3 is 0 Å². The molecule has 0 aliphatic carbocycles. The number of hydrogen-bond acceptors (Lipinski definition) is 6. The monoisotopic (exact) mass is 498 g/mol. The zero-order valence-electron chi connectivity index (χ0n) is 18.8. The van der Waals surface area contributed by atoms with Gasteiger partial charge in [-0.25, -0.2) is 5.43 Å². The van der Waals surface area contributed by atoms with Crippen molar-refractivity contribution in [1.82, 2.24) is 5.43 Å². The Labute approximate surface area is 208 Å². The van der Waals surface area contributed by atoms with Gasteiger partial charge in [-0.2, -0.15) is 5.10 Å². The molecule has 2 aromatic carbocycles. The van der Waals surface area contributed by atoms with E-state index in [1.807, 2.05) is 60.8 Å². The Balaban J connectivity index is 1.42. The Morgan fingerprint density at radius 1 is 1.26 bits per heavy atom. The Morgan fingerprint density at radius 2 is 2.09 bits per heavy atom. The van der Waals surface area contributed by atoms with E-state index in [-0.39, 0.29) is 12.0 Å². The lowest BCUT2D eigenvalue weighted by molar-refractivity contribution is -0.0681. The Morgan fingerprint density at radius 3 is 2.82 bits per heavy atom. The van der Waals surface area contributed by atoms with Gasteiger partial charge in [0.1, 0.15) is 5.75 Å². The minimum Gasteiger partial charge on any atom is -0.494 e. The zero-order chi connectivity index (χ0) is 23.9. The summed E-state index contributed by atoms with van der Waals surface area (Å²) in [5, 5.41) is 17.0. The number of carbonyl (C=O) groups excluding carboxylic acids is 1. The second-order valence-corrected chi connectivity index (χ2v) is 9.44. The fourth-order valence-corrected chi connectivity index (χ4v) is 4.70. The summed E-state index contributed by atoms with van der Waals surface area (Å²) < 4.78 is 11.7. The molecule has 1 amide bonds. The summed E-state index contributed by atoms with van der Waals surface area (Å²) in [4.78, 5) is 12.6. The molecule has 1 aromatic heterocycles. The van der Waals surface area contributed by atoms with Crippen LogP contribution in [0.25, 0.3) is 0 Å². The van der Waals surface area contributed by atoms with Crippen LogP contribution >= 0.6 is 22.9 Å². The quantitative estimate of drug-likeness (QED) is 0.322. The number of hydrazone groups is 1. The molecule has 1 aliphatic rings. The summed E-state index contributed by atoms with van der Waals surface area (Å²) in [5.74, 6) is 0.575. The van der Waals surface area contributed by atoms with Crippen molar-refractivity contribution in [1.29, 1.82) is 0 Å². The van der Waals surface area contributed by atoms with Gasteiger partial charge in [-0.05, 0) is 59.7 Å². The van der Waals surface area contributed by atoms with Crippen LogP contribution in [0.15, 0.2) is 65.1 Å². The molecule has 3 aromatic rings. The molecule has 1 fully saturated rings. The van der Waals surface area contributed by atoms with E-state index in [2.05, 4.69) is 10.5 Å². The van der Waals surface area contributed by atoms with Gasteiger partial charge in [0.05, 0.1) is 36.0 Å². The molecule has 2 heterocycles. The molecule has 8 heteroatoms. The molecular formula is C26H27ClN2O4S. The lowest BCUT2D eigenvalue weighted by Gasteiger charge is -2.32. The maximum Gasteiger partial charge on any atom is 0.281 e. The molecule has 34 heavy (non-hydrogen) atoms. The number of hydrogen-bond donors (Lipinski definition) is 2. The van der Waals surface area contributed by atoms with E-state index < -0.39 is 12.2 Å². The number of nitrogens with zero attached hydrogens (tertiary/aromatic N) is 1. The molecule has 6 nitrogen and oxygen atoms in total. The lowest BCUT2D eigenvalue weighted by atomic mass is 9.94. The molecule has 2 N–H and O–H groups in total. The van der Waals surface area contributed by atoms with Crippen molar-refractivity contribution < 1.29 is 19.4 Å². The summed E-state index contributed by atoms with van der Waals surface area (Å²) in [7, 11) is 0. The third-order valence-electron chi connectivity index (χ3n) is 5.55. The van der Waals surface area contributed by atoms with Crippen LogP contribution in [-0.2, 0) is 11.2 Å². The molecule has 3 unspecified atom stereocenters. The largest absolute Gasteiger partial charge is 0.494 e. The fourth-order valence-electron chi connectivity index (χ4n) is 3.91. The van der Waals surface area contributed by atoms with Crippen molar-refractivity contribution in [2.24, 2.45) is 5.10 Å². The van der Waals surface area contributed by atoms with Crippen LogP contribution < -0.4 is 10.2 Å². The number of carbonyl (C=O) groups is 1. The molecule has 4 rings (SSSR count). The van der Waals surface area contributed by atoms with Gasteiger partial charge in [0.2, 0.25) is 0 Å². The van der Waals surface area contributed by atoms with E-state index in [0.29, 0.717) is 35.8 Å². The molecule has 0 bridgehead atoms. The summed E-state index contributed by atoms with van der Waals surface area (Å²) in [6.45, 7) is 2.59. The Bertz CT molecular complexity index is 1120. The van der Waals surface area contributed by atoms with Crippen LogP contribution in [-0.4, -0.2) is 36.0 Å². The Kier molecular flexibility index (Phi) is 8.34. The van der Waals surface area contributed by atoms with Crippen LogP contribution in [0.2, 0.25) is 5.02 Å². The maximum atomic E-state index is 12.0. The summed E-state index contributed by atoms with van der Waals surface area (Å²) in [6.07, 6.45) is 1.86. The normalized spacial score (nSPS) is 20.4. The first-order chi connectivity index (χ1) is 16.5. The SMILES string of the molecule is CCOc1ccc(Cc2cc(C3CC(O)CC(C=NNC(=O)c4cccs4)O3)ccc2Cl)cc1. The van der Waals surface area contributed by atoms with E-state index in [1.165, 1.54) is 17.6 Å². The summed E-state index contributed by atoms with van der Waals surface area (Å²) >= 11 is 7.83. The maximum absolute atomic E-state index is 12.0. The van der Waals surface area contributed by atoms with E-state index in [0.717, 1.165) is 22.4 Å². The topological polar surface area (TPSA) is 80.2 Å². The second-order valence-electron chi connectivity index (χ2n) is 8.09. The van der Waals surface area contributed by atoms with E-state index >= 15 is 0 Å². The summed E-state index contributed by atoms with van der Waals surface area (Å²) in [6, 6.07) is 17.4. The van der Waals surface area contributed by atoms with Crippen molar-refractivity contribution in [3.63, 3.8) is 0 Å². The number of amides is 1. The highest BCUT2D eigenvalue weighted by atomic mass is 35.5. The van der Waals surface area contributed by atoms with Gasteiger partial charge in [0.25, 0.3) is 5.91 Å². The first kappa shape index (κ1) is 24.4. The number of halogens is 1. The van der Waals surface area contributed by atoms with Gasteiger partial charge < -0.3 is 14.6 Å². The smallest absolute Gasteiger partial charge is 0.281 e. The van der Waals surface area contributed by atoms with Crippen LogP contribution in [0.1, 0.15) is 52.2 Å². The number of nitrogens with one attached hydrogen (secondary N) is 1. The Hall–Kier alpha value is -2.71.